The molecule has 0 fully saturated rings. The van der Waals surface area contributed by atoms with Crippen molar-refractivity contribution in [2.75, 3.05) is 13.6 Å². The van der Waals surface area contributed by atoms with Crippen molar-refractivity contribution in [2.45, 2.75) is 0 Å². The smallest absolute Gasteiger partial charge is 0.343 e. The van der Waals surface area contributed by atoms with Crippen LogP contribution in [0.25, 0.3) is 0 Å². The number of rotatable bonds is 12. The highest BCUT2D eigenvalue weighted by molar-refractivity contribution is 5.92. The lowest BCUT2D eigenvalue weighted by atomic mass is 10.2. The predicted octanol–water partition coefficient (Wildman–Crippen LogP) is 4.81. The van der Waals surface area contributed by atoms with Gasteiger partial charge in [0.1, 0.15) is 11.5 Å². The highest BCUT2D eigenvalue weighted by Gasteiger charge is 2.31. The molecule has 14 heteroatoms. The summed E-state index contributed by atoms with van der Waals surface area (Å²) in [7, 11) is 0. The first kappa shape index (κ1) is 30.9. The molecule has 10 nitrogen and oxygen atoms in total. The van der Waals surface area contributed by atoms with E-state index >= 15 is 0 Å². The third-order valence-corrected chi connectivity index (χ3v) is 4.94. The molecule has 0 heterocycles. The zero-order valence-electron chi connectivity index (χ0n) is 21.2. The van der Waals surface area contributed by atoms with Gasteiger partial charge in [0.15, 0.2) is 0 Å². The molecule has 0 amide bonds. The molecular weight excluding hydrogens is 572 g/mol. The Hall–Kier alpha value is -5.66. The number of ether oxygens (including phenoxy) is 6. The van der Waals surface area contributed by atoms with E-state index in [0.29, 0.717) is 0 Å². The van der Waals surface area contributed by atoms with Crippen LogP contribution in [-0.2, 0) is 19.1 Å². The van der Waals surface area contributed by atoms with Gasteiger partial charge in [0.2, 0.25) is 48.4 Å². The number of hydrogen-bond acceptors (Lipinski definition) is 10. The lowest BCUT2D eigenvalue weighted by Gasteiger charge is -2.13. The highest BCUT2D eigenvalue weighted by atomic mass is 19.2. The standard InChI is InChI=1S/C28H18F4O10/c1-3-19(33)39-13-37-17-9-5-15(6-10-17)27(35)41-25-21(29)23(31)26(24(32)22(25)30)42-28(36)16-7-11-18(12-8-16)38-14-40-20(34)4-2/h3-12H,1-2,13-14H2. The van der Waals surface area contributed by atoms with Crippen molar-refractivity contribution >= 4 is 23.9 Å². The summed E-state index contributed by atoms with van der Waals surface area (Å²) in [6.45, 7) is 5.45. The molecule has 0 bridgehead atoms. The molecule has 0 radical (unpaired) electrons. The van der Waals surface area contributed by atoms with Crippen molar-refractivity contribution in [1.29, 1.82) is 0 Å². The van der Waals surface area contributed by atoms with Gasteiger partial charge in [0, 0.05) is 12.2 Å². The largest absolute Gasteiger partial charge is 0.457 e. The molecule has 0 aliphatic carbocycles. The van der Waals surface area contributed by atoms with E-state index in [2.05, 4.69) is 32.1 Å². The molecule has 218 valence electrons. The Kier molecular flexibility index (Phi) is 10.4. The van der Waals surface area contributed by atoms with Gasteiger partial charge in [-0.2, -0.15) is 17.6 Å². The number of hydrogen-bond donors (Lipinski definition) is 0. The van der Waals surface area contributed by atoms with Gasteiger partial charge < -0.3 is 28.4 Å². The van der Waals surface area contributed by atoms with Gasteiger partial charge in [-0.15, -0.1) is 0 Å². The van der Waals surface area contributed by atoms with E-state index in [9.17, 15) is 36.7 Å². The lowest BCUT2D eigenvalue weighted by molar-refractivity contribution is -0.145. The zero-order valence-corrected chi connectivity index (χ0v) is 21.2. The van der Waals surface area contributed by atoms with E-state index in [0.717, 1.165) is 36.4 Å². The normalized spacial score (nSPS) is 10.2. The van der Waals surface area contributed by atoms with Crippen LogP contribution in [0.1, 0.15) is 20.7 Å². The van der Waals surface area contributed by atoms with Crippen LogP contribution in [0.2, 0.25) is 0 Å². The average Bonchev–Trinajstić information content (AvgIpc) is 3.00. The molecule has 3 aromatic carbocycles. The summed E-state index contributed by atoms with van der Waals surface area (Å²) in [5.74, 6) is -16.1. The van der Waals surface area contributed by atoms with E-state index in [-0.39, 0.29) is 22.6 Å². The molecule has 42 heavy (non-hydrogen) atoms. The minimum atomic E-state index is -2.15. The van der Waals surface area contributed by atoms with Crippen LogP contribution in [0, 0.1) is 23.3 Å². The minimum absolute atomic E-state index is 0.125. The van der Waals surface area contributed by atoms with Gasteiger partial charge >= 0.3 is 23.9 Å². The van der Waals surface area contributed by atoms with Crippen molar-refractivity contribution in [3.63, 3.8) is 0 Å². The summed E-state index contributed by atoms with van der Waals surface area (Å²) in [5, 5.41) is 0. The number of esters is 4. The molecule has 0 aromatic heterocycles. The molecule has 3 rings (SSSR count). The van der Waals surface area contributed by atoms with Crippen LogP contribution in [0.15, 0.2) is 73.8 Å². The fourth-order valence-electron chi connectivity index (χ4n) is 2.88. The molecule has 0 aliphatic rings. The number of carbonyl (C=O) groups excluding carboxylic acids is 4. The van der Waals surface area contributed by atoms with Crippen LogP contribution < -0.4 is 18.9 Å². The Bertz CT molecular complexity index is 1380. The Morgan fingerprint density at radius 3 is 1.17 bits per heavy atom. The van der Waals surface area contributed by atoms with Crippen molar-refractivity contribution in [3.05, 3.63) is 108 Å². The summed E-state index contributed by atoms with van der Waals surface area (Å²) >= 11 is 0. The van der Waals surface area contributed by atoms with E-state index in [1.54, 1.807) is 0 Å². The fraction of sp³-hybridized carbons (Fsp3) is 0.0714. The number of benzene rings is 3. The van der Waals surface area contributed by atoms with Crippen LogP contribution in [-0.4, -0.2) is 37.5 Å². The molecule has 0 saturated carbocycles. The second-order valence-electron chi connectivity index (χ2n) is 7.60. The maximum absolute atomic E-state index is 14.6. The van der Waals surface area contributed by atoms with Crippen LogP contribution in [0.4, 0.5) is 17.6 Å². The Morgan fingerprint density at radius 1 is 0.571 bits per heavy atom. The first-order valence-electron chi connectivity index (χ1n) is 11.4. The Labute approximate surface area is 234 Å². The molecule has 0 unspecified atom stereocenters. The van der Waals surface area contributed by atoms with E-state index < -0.39 is 72.2 Å². The summed E-state index contributed by atoms with van der Waals surface area (Å²) < 4.78 is 86.9. The fourth-order valence-corrected chi connectivity index (χ4v) is 2.88. The van der Waals surface area contributed by atoms with Crippen LogP contribution >= 0.6 is 0 Å². The maximum atomic E-state index is 14.6. The number of halogens is 4. The van der Waals surface area contributed by atoms with E-state index in [4.69, 9.17) is 9.47 Å². The van der Waals surface area contributed by atoms with Gasteiger partial charge in [0.25, 0.3) is 0 Å². The Balaban J connectivity index is 1.68. The topological polar surface area (TPSA) is 124 Å². The Morgan fingerprint density at radius 2 is 0.881 bits per heavy atom. The third kappa shape index (κ3) is 7.71. The number of carbonyl (C=O) groups is 4. The third-order valence-electron chi connectivity index (χ3n) is 4.94. The molecule has 0 aliphatic heterocycles. The first-order chi connectivity index (χ1) is 20.0. The summed E-state index contributed by atoms with van der Waals surface area (Å²) in [4.78, 5) is 46.6. The predicted molar refractivity (Wildman–Crippen MR) is 133 cm³/mol. The van der Waals surface area contributed by atoms with Gasteiger partial charge in [-0.1, -0.05) is 13.2 Å². The zero-order chi connectivity index (χ0) is 30.8. The molecule has 3 aromatic rings. The molecule has 0 spiro atoms. The molecule has 0 saturated heterocycles. The van der Waals surface area contributed by atoms with Gasteiger partial charge in [-0.05, 0) is 48.5 Å². The van der Waals surface area contributed by atoms with Crippen LogP contribution in [0.5, 0.6) is 23.0 Å². The average molecular weight is 590 g/mol. The lowest BCUT2D eigenvalue weighted by Crippen LogP contribution is -2.16. The summed E-state index contributed by atoms with van der Waals surface area (Å²) in [6, 6.07) is 9.23. The van der Waals surface area contributed by atoms with Crippen molar-refractivity contribution in [2.24, 2.45) is 0 Å². The molecule has 0 N–H and O–H groups in total. The highest BCUT2D eigenvalue weighted by Crippen LogP contribution is 2.35. The van der Waals surface area contributed by atoms with E-state index in [1.165, 1.54) is 24.3 Å². The van der Waals surface area contributed by atoms with Gasteiger partial charge in [0.05, 0.1) is 11.1 Å². The minimum Gasteiger partial charge on any atom is -0.457 e. The van der Waals surface area contributed by atoms with Crippen molar-refractivity contribution < 1.29 is 65.2 Å². The van der Waals surface area contributed by atoms with Crippen molar-refractivity contribution in [1.82, 2.24) is 0 Å². The first-order valence-corrected chi connectivity index (χ1v) is 11.4. The van der Waals surface area contributed by atoms with Gasteiger partial charge in [-0.25, -0.2) is 19.2 Å². The van der Waals surface area contributed by atoms with Crippen LogP contribution in [0.3, 0.4) is 0 Å². The second kappa shape index (κ2) is 14.1. The summed E-state index contributed by atoms with van der Waals surface area (Å²) in [6.07, 6.45) is 1.82. The molecule has 0 atom stereocenters. The second-order valence-corrected chi connectivity index (χ2v) is 7.60. The SMILES string of the molecule is C=CC(=O)OCOc1ccc(C(=O)Oc2c(F)c(F)c(OC(=O)c3ccc(OCOC(=O)C=C)cc3)c(F)c2F)cc1. The summed E-state index contributed by atoms with van der Waals surface area (Å²) in [5.41, 5.74) is -0.598. The monoisotopic (exact) mass is 590 g/mol. The van der Waals surface area contributed by atoms with Crippen molar-refractivity contribution in [3.8, 4) is 23.0 Å². The van der Waals surface area contributed by atoms with Gasteiger partial charge in [-0.3, -0.25) is 0 Å². The quantitative estimate of drug-likeness (QED) is 0.0725. The maximum Gasteiger partial charge on any atom is 0.343 e. The van der Waals surface area contributed by atoms with E-state index in [1.807, 2.05) is 0 Å². The molecular formula is C28H18F4O10.